The fourth-order valence-corrected chi connectivity index (χ4v) is 4.08. The van der Waals surface area contributed by atoms with Crippen LogP contribution in [0.2, 0.25) is 0 Å². The van der Waals surface area contributed by atoms with Crippen molar-refractivity contribution in [2.75, 3.05) is 26.3 Å². The summed E-state index contributed by atoms with van der Waals surface area (Å²) >= 11 is 0. The number of amides is 1. The summed E-state index contributed by atoms with van der Waals surface area (Å²) in [5.41, 5.74) is 0.563. The molecule has 0 spiro atoms. The normalized spacial score (nSPS) is 14.9. The molecule has 1 amide bonds. The van der Waals surface area contributed by atoms with Crippen LogP contribution < -0.4 is 0 Å². The summed E-state index contributed by atoms with van der Waals surface area (Å²) in [5, 5.41) is 4.35. The predicted molar refractivity (Wildman–Crippen MR) is 113 cm³/mol. The van der Waals surface area contributed by atoms with Crippen LogP contribution in [0.3, 0.4) is 0 Å². The molecule has 0 N–H and O–H groups in total. The molecule has 1 saturated heterocycles. The second kappa shape index (κ2) is 7.90. The summed E-state index contributed by atoms with van der Waals surface area (Å²) in [4.78, 5) is 18.9. The number of fused-ring (bicyclic) bond motifs is 2. The van der Waals surface area contributed by atoms with Gasteiger partial charge in [0.15, 0.2) is 11.3 Å². The first-order chi connectivity index (χ1) is 15.4. The molecule has 6 nitrogen and oxygen atoms in total. The Balaban J connectivity index is 1.76. The highest BCUT2D eigenvalue weighted by molar-refractivity contribution is 6.10. The Morgan fingerprint density at radius 1 is 1.00 bits per heavy atom. The molecule has 4 aromatic rings. The molecule has 0 unspecified atom stereocenters. The quantitative estimate of drug-likeness (QED) is 0.481. The van der Waals surface area contributed by atoms with Gasteiger partial charge in [-0.2, -0.15) is 18.3 Å². The summed E-state index contributed by atoms with van der Waals surface area (Å²) in [6, 6.07) is 15.9. The number of hydrogen-bond acceptors (Lipinski definition) is 4. The minimum atomic E-state index is -4.71. The summed E-state index contributed by atoms with van der Waals surface area (Å²) in [5.74, 6) is -0.317. The van der Waals surface area contributed by atoms with Crippen molar-refractivity contribution in [3.05, 3.63) is 60.3 Å². The second-order valence-electron chi connectivity index (χ2n) is 7.57. The first-order valence-electron chi connectivity index (χ1n) is 10.2. The van der Waals surface area contributed by atoms with Gasteiger partial charge in [0.05, 0.1) is 24.1 Å². The van der Waals surface area contributed by atoms with Gasteiger partial charge in [-0.25, -0.2) is 9.67 Å². The monoisotopic (exact) mass is 440 g/mol. The number of aromatic nitrogens is 3. The van der Waals surface area contributed by atoms with Crippen molar-refractivity contribution in [3.63, 3.8) is 0 Å². The van der Waals surface area contributed by atoms with Gasteiger partial charge in [0, 0.05) is 24.0 Å². The molecule has 2 aromatic carbocycles. The van der Waals surface area contributed by atoms with Crippen LogP contribution in [0.1, 0.15) is 5.69 Å². The van der Waals surface area contributed by atoms with Gasteiger partial charge < -0.3 is 9.64 Å². The molecule has 5 rings (SSSR count). The number of hydrogen-bond donors (Lipinski definition) is 0. The van der Waals surface area contributed by atoms with Gasteiger partial charge in [-0.05, 0) is 11.6 Å². The number of para-hydroxylation sites is 1. The van der Waals surface area contributed by atoms with E-state index in [0.29, 0.717) is 48.3 Å². The molecule has 164 valence electrons. The highest BCUT2D eigenvalue weighted by atomic mass is 19.4. The maximum atomic E-state index is 14.1. The highest BCUT2D eigenvalue weighted by Gasteiger charge is 2.39. The molecule has 0 atom stereocenters. The number of morpholine rings is 1. The van der Waals surface area contributed by atoms with E-state index < -0.39 is 11.9 Å². The number of pyridine rings is 1. The van der Waals surface area contributed by atoms with Crippen LogP contribution in [-0.4, -0.2) is 51.9 Å². The third-order valence-electron chi connectivity index (χ3n) is 5.56. The van der Waals surface area contributed by atoms with E-state index in [1.807, 2.05) is 0 Å². The number of halogens is 3. The molecule has 9 heteroatoms. The van der Waals surface area contributed by atoms with Crippen LogP contribution in [0.4, 0.5) is 13.2 Å². The minimum Gasteiger partial charge on any atom is -0.378 e. The average Bonchev–Trinajstić information content (AvgIpc) is 3.17. The molecule has 1 fully saturated rings. The predicted octanol–water partition coefficient (Wildman–Crippen LogP) is 4.13. The maximum Gasteiger partial charge on any atom is 0.435 e. The topological polar surface area (TPSA) is 60.2 Å². The van der Waals surface area contributed by atoms with Crippen LogP contribution >= 0.6 is 0 Å². The van der Waals surface area contributed by atoms with Gasteiger partial charge >= 0.3 is 6.18 Å². The van der Waals surface area contributed by atoms with E-state index >= 15 is 0 Å². The largest absolute Gasteiger partial charge is 0.435 e. The van der Waals surface area contributed by atoms with Crippen molar-refractivity contribution in [2.45, 2.75) is 12.7 Å². The Bertz CT molecular complexity index is 1300. The van der Waals surface area contributed by atoms with Gasteiger partial charge in [0.1, 0.15) is 6.54 Å². The molecule has 1 aliphatic heterocycles. The minimum absolute atomic E-state index is 0.0384. The first-order valence-corrected chi connectivity index (χ1v) is 10.2. The number of rotatable bonds is 3. The molecule has 0 radical (unpaired) electrons. The molecule has 3 heterocycles. The van der Waals surface area contributed by atoms with Crippen molar-refractivity contribution < 1.29 is 22.7 Å². The standard InChI is InChI=1S/C23H19F3N4O2/c24-23(25,26)21-20-19(15-6-2-1-3-7-15)16-8-4-5-9-17(16)27-22(20)30(28-21)14-18(31)29-10-12-32-13-11-29/h1-9H,10-14H2. The number of ether oxygens (including phenoxy) is 1. The van der Waals surface area contributed by atoms with E-state index in [1.54, 1.807) is 59.5 Å². The molecule has 1 aliphatic rings. The van der Waals surface area contributed by atoms with E-state index in [1.165, 1.54) is 0 Å². The third-order valence-corrected chi connectivity index (χ3v) is 5.56. The average molecular weight is 440 g/mol. The number of alkyl halides is 3. The van der Waals surface area contributed by atoms with Crippen LogP contribution in [0.5, 0.6) is 0 Å². The molecule has 0 aliphatic carbocycles. The SMILES string of the molecule is O=C(Cn1nc(C(F)(F)F)c2c(-c3ccccc3)c3ccccc3nc21)N1CCOCC1. The van der Waals surface area contributed by atoms with E-state index in [-0.39, 0.29) is 23.5 Å². The van der Waals surface area contributed by atoms with Crippen LogP contribution in [0, 0.1) is 0 Å². The second-order valence-corrected chi connectivity index (χ2v) is 7.57. The lowest BCUT2D eigenvalue weighted by Crippen LogP contribution is -2.42. The van der Waals surface area contributed by atoms with E-state index in [9.17, 15) is 18.0 Å². The fourth-order valence-electron chi connectivity index (χ4n) is 4.08. The van der Waals surface area contributed by atoms with E-state index in [4.69, 9.17) is 4.74 Å². The van der Waals surface area contributed by atoms with Crippen LogP contribution in [0.15, 0.2) is 54.6 Å². The van der Waals surface area contributed by atoms with E-state index in [2.05, 4.69) is 10.1 Å². The Kier molecular flexibility index (Phi) is 5.05. The molecule has 2 aromatic heterocycles. The van der Waals surface area contributed by atoms with Crippen molar-refractivity contribution in [1.29, 1.82) is 0 Å². The van der Waals surface area contributed by atoms with Crippen molar-refractivity contribution in [2.24, 2.45) is 0 Å². The van der Waals surface area contributed by atoms with Gasteiger partial charge in [-0.15, -0.1) is 0 Å². The molecule has 0 saturated carbocycles. The molecular weight excluding hydrogens is 421 g/mol. The summed E-state index contributed by atoms with van der Waals surface area (Å²) in [6.07, 6.45) is -4.71. The fraction of sp³-hybridized carbons (Fsp3) is 0.261. The molecule has 0 bridgehead atoms. The smallest absolute Gasteiger partial charge is 0.378 e. The number of carbonyl (C=O) groups is 1. The zero-order valence-corrected chi connectivity index (χ0v) is 17.0. The summed E-state index contributed by atoms with van der Waals surface area (Å²) in [6.45, 7) is 1.28. The Hall–Kier alpha value is -3.46. The zero-order chi connectivity index (χ0) is 22.3. The Labute approximate surface area is 181 Å². The third kappa shape index (κ3) is 3.58. The summed E-state index contributed by atoms with van der Waals surface area (Å²) < 4.78 is 48.6. The van der Waals surface area contributed by atoms with Gasteiger partial charge in [-0.1, -0.05) is 48.5 Å². The zero-order valence-electron chi connectivity index (χ0n) is 17.0. The maximum absolute atomic E-state index is 14.1. The van der Waals surface area contributed by atoms with Crippen molar-refractivity contribution >= 4 is 27.8 Å². The van der Waals surface area contributed by atoms with Crippen LogP contribution in [-0.2, 0) is 22.3 Å². The molecular formula is C23H19F3N4O2. The van der Waals surface area contributed by atoms with Gasteiger partial charge in [-0.3, -0.25) is 4.79 Å². The Morgan fingerprint density at radius 3 is 2.41 bits per heavy atom. The lowest BCUT2D eigenvalue weighted by atomic mass is 9.97. The number of nitrogens with zero attached hydrogens (tertiary/aromatic N) is 4. The number of carbonyl (C=O) groups excluding carboxylic acids is 1. The lowest BCUT2D eigenvalue weighted by molar-refractivity contribution is -0.141. The van der Waals surface area contributed by atoms with Crippen LogP contribution in [0.25, 0.3) is 33.1 Å². The lowest BCUT2D eigenvalue weighted by Gasteiger charge is -2.26. The molecule has 32 heavy (non-hydrogen) atoms. The van der Waals surface area contributed by atoms with Crippen molar-refractivity contribution in [3.8, 4) is 11.1 Å². The van der Waals surface area contributed by atoms with Gasteiger partial charge in [0.25, 0.3) is 0 Å². The van der Waals surface area contributed by atoms with Crippen molar-refractivity contribution in [1.82, 2.24) is 19.7 Å². The van der Waals surface area contributed by atoms with Gasteiger partial charge in [0.2, 0.25) is 5.91 Å². The Morgan fingerprint density at radius 2 is 1.69 bits per heavy atom. The summed E-state index contributed by atoms with van der Waals surface area (Å²) in [7, 11) is 0. The van der Waals surface area contributed by atoms with E-state index in [0.717, 1.165) is 4.68 Å². The highest BCUT2D eigenvalue weighted by Crippen LogP contribution is 2.41. The number of benzene rings is 2. The first kappa shape index (κ1) is 20.4.